The fourth-order valence-corrected chi connectivity index (χ4v) is 4.31. The fraction of sp³-hybridized carbons (Fsp3) is 0.941. The number of hydrogen-bond acceptors (Lipinski definition) is 2. The highest BCUT2D eigenvalue weighted by molar-refractivity contribution is 5.71. The number of rotatable bonds is 2. The van der Waals surface area contributed by atoms with Crippen LogP contribution in [0, 0.1) is 17.3 Å². The van der Waals surface area contributed by atoms with Crippen LogP contribution in [0.5, 0.6) is 0 Å². The van der Waals surface area contributed by atoms with Gasteiger partial charge in [-0.2, -0.15) is 0 Å². The van der Waals surface area contributed by atoms with E-state index in [2.05, 4.69) is 39.5 Å². The van der Waals surface area contributed by atoms with Gasteiger partial charge in [0.2, 0.25) is 0 Å². The molecule has 3 heteroatoms. The smallest absolute Gasteiger partial charge is 0.308 e. The molecule has 3 unspecified atom stereocenters. The van der Waals surface area contributed by atoms with Crippen LogP contribution in [0.15, 0.2) is 0 Å². The molecule has 0 aromatic carbocycles. The maximum atomic E-state index is 11.7. The van der Waals surface area contributed by atoms with Crippen LogP contribution in [0.1, 0.15) is 66.7 Å². The van der Waals surface area contributed by atoms with Crippen LogP contribution in [-0.4, -0.2) is 34.1 Å². The van der Waals surface area contributed by atoms with E-state index < -0.39 is 5.97 Å². The topological polar surface area (TPSA) is 40.5 Å². The molecule has 1 saturated carbocycles. The number of likely N-dealkylation sites (tertiary alicyclic amines) is 1. The van der Waals surface area contributed by atoms with Gasteiger partial charge in [0.05, 0.1) is 5.92 Å². The van der Waals surface area contributed by atoms with E-state index in [-0.39, 0.29) is 22.9 Å². The summed E-state index contributed by atoms with van der Waals surface area (Å²) in [4.78, 5) is 14.2. The van der Waals surface area contributed by atoms with Crippen molar-refractivity contribution in [3.63, 3.8) is 0 Å². The van der Waals surface area contributed by atoms with Crippen molar-refractivity contribution in [2.75, 3.05) is 6.54 Å². The summed E-state index contributed by atoms with van der Waals surface area (Å²) in [6.07, 6.45) is 5.34. The van der Waals surface area contributed by atoms with Gasteiger partial charge >= 0.3 is 5.97 Å². The first-order chi connectivity index (χ1) is 9.13. The summed E-state index contributed by atoms with van der Waals surface area (Å²) < 4.78 is 0. The Kier molecular flexibility index (Phi) is 4.21. The molecule has 1 saturated heterocycles. The van der Waals surface area contributed by atoms with Crippen molar-refractivity contribution in [1.29, 1.82) is 0 Å². The van der Waals surface area contributed by atoms with Gasteiger partial charge in [0.25, 0.3) is 0 Å². The number of nitrogens with zero attached hydrogens (tertiary/aromatic N) is 1. The van der Waals surface area contributed by atoms with Gasteiger partial charge < -0.3 is 5.11 Å². The molecular weight excluding hydrogens is 250 g/mol. The van der Waals surface area contributed by atoms with Crippen molar-refractivity contribution in [1.82, 2.24) is 4.90 Å². The Hall–Kier alpha value is -0.570. The van der Waals surface area contributed by atoms with E-state index in [1.54, 1.807) is 0 Å². The molecule has 1 aliphatic heterocycles. The minimum Gasteiger partial charge on any atom is -0.481 e. The molecule has 1 N–H and O–H groups in total. The Labute approximate surface area is 123 Å². The molecule has 2 aliphatic rings. The van der Waals surface area contributed by atoms with Gasteiger partial charge in [0.1, 0.15) is 0 Å². The third-order valence-corrected chi connectivity index (χ3v) is 5.72. The van der Waals surface area contributed by atoms with E-state index >= 15 is 0 Å². The molecule has 0 aromatic rings. The number of carbonyl (C=O) groups is 1. The van der Waals surface area contributed by atoms with Crippen molar-refractivity contribution in [3.05, 3.63) is 0 Å². The van der Waals surface area contributed by atoms with E-state index in [0.29, 0.717) is 5.92 Å². The highest BCUT2D eigenvalue weighted by atomic mass is 16.4. The lowest BCUT2D eigenvalue weighted by Gasteiger charge is -2.47. The number of aliphatic carboxylic acids is 1. The van der Waals surface area contributed by atoms with Gasteiger partial charge in [-0.3, -0.25) is 9.69 Å². The largest absolute Gasteiger partial charge is 0.481 e. The Balaban J connectivity index is 2.21. The summed E-state index contributed by atoms with van der Waals surface area (Å²) in [7, 11) is 0. The molecule has 0 bridgehead atoms. The quantitative estimate of drug-likeness (QED) is 0.837. The third-order valence-electron chi connectivity index (χ3n) is 5.72. The Morgan fingerprint density at radius 1 is 1.25 bits per heavy atom. The zero-order valence-corrected chi connectivity index (χ0v) is 13.8. The number of carboxylic acid groups (broad SMARTS) is 1. The van der Waals surface area contributed by atoms with Crippen molar-refractivity contribution in [3.8, 4) is 0 Å². The Bertz CT molecular complexity index is 370. The van der Waals surface area contributed by atoms with Crippen molar-refractivity contribution in [2.24, 2.45) is 17.3 Å². The zero-order chi connectivity index (χ0) is 15.1. The van der Waals surface area contributed by atoms with Gasteiger partial charge in [-0.05, 0) is 63.8 Å². The molecule has 3 nitrogen and oxygen atoms in total. The van der Waals surface area contributed by atoms with E-state index in [4.69, 9.17) is 0 Å². The van der Waals surface area contributed by atoms with Crippen molar-refractivity contribution >= 4 is 5.97 Å². The number of hydrogen-bond donors (Lipinski definition) is 1. The van der Waals surface area contributed by atoms with Crippen LogP contribution >= 0.6 is 0 Å². The second-order valence-corrected chi connectivity index (χ2v) is 8.50. The molecule has 0 radical (unpaired) electrons. The molecule has 116 valence electrons. The zero-order valence-electron chi connectivity index (χ0n) is 13.8. The summed E-state index contributed by atoms with van der Waals surface area (Å²) in [6, 6.07) is 0.225. The summed E-state index contributed by atoms with van der Waals surface area (Å²) in [5.41, 5.74) is 0.448. The first-order valence-corrected chi connectivity index (χ1v) is 8.12. The summed E-state index contributed by atoms with van der Waals surface area (Å²) in [5, 5.41) is 9.60. The highest BCUT2D eigenvalue weighted by Crippen LogP contribution is 2.45. The lowest BCUT2D eigenvalue weighted by Crippen LogP contribution is -2.53. The highest BCUT2D eigenvalue weighted by Gasteiger charge is 2.46. The van der Waals surface area contributed by atoms with Gasteiger partial charge in [-0.25, -0.2) is 0 Å². The molecule has 0 amide bonds. The average molecular weight is 281 g/mol. The van der Waals surface area contributed by atoms with Crippen LogP contribution in [0.2, 0.25) is 0 Å². The first kappa shape index (κ1) is 15.8. The fourth-order valence-electron chi connectivity index (χ4n) is 4.31. The lowest BCUT2D eigenvalue weighted by molar-refractivity contribution is -0.147. The average Bonchev–Trinajstić information content (AvgIpc) is 2.66. The second-order valence-electron chi connectivity index (χ2n) is 8.50. The summed E-state index contributed by atoms with van der Waals surface area (Å²) in [6.45, 7) is 12.5. The van der Waals surface area contributed by atoms with Gasteiger partial charge in [0, 0.05) is 11.6 Å². The van der Waals surface area contributed by atoms with Gasteiger partial charge in [-0.15, -0.1) is 0 Å². The predicted octanol–water partition coefficient (Wildman–Crippen LogP) is 3.78. The van der Waals surface area contributed by atoms with Crippen LogP contribution in [0.25, 0.3) is 0 Å². The first-order valence-electron chi connectivity index (χ1n) is 8.12. The summed E-state index contributed by atoms with van der Waals surface area (Å²) in [5.74, 6) is -0.129. The van der Waals surface area contributed by atoms with Crippen LogP contribution in [0.3, 0.4) is 0 Å². The van der Waals surface area contributed by atoms with Gasteiger partial charge in [0.15, 0.2) is 0 Å². The molecule has 2 rings (SSSR count). The van der Waals surface area contributed by atoms with Crippen molar-refractivity contribution < 1.29 is 9.90 Å². The molecule has 2 fully saturated rings. The predicted molar refractivity (Wildman–Crippen MR) is 81.7 cm³/mol. The molecule has 20 heavy (non-hydrogen) atoms. The second kappa shape index (κ2) is 5.32. The maximum absolute atomic E-state index is 11.7. The normalized spacial score (nSPS) is 35.1. The SMILES string of the molecule is CC(C)(C)C1CCC(C(=O)O)C(N2CCCC2(C)C)C1. The van der Waals surface area contributed by atoms with Crippen LogP contribution in [-0.2, 0) is 4.79 Å². The lowest BCUT2D eigenvalue weighted by atomic mass is 9.67. The van der Waals surface area contributed by atoms with E-state index in [1.165, 1.54) is 12.8 Å². The van der Waals surface area contributed by atoms with Crippen LogP contribution < -0.4 is 0 Å². The maximum Gasteiger partial charge on any atom is 0.308 e. The number of carboxylic acids is 1. The van der Waals surface area contributed by atoms with Crippen molar-refractivity contribution in [2.45, 2.75) is 78.3 Å². The molecule has 3 atom stereocenters. The summed E-state index contributed by atoms with van der Waals surface area (Å²) >= 11 is 0. The minimum absolute atomic E-state index is 0.165. The molecule has 0 aromatic heterocycles. The molecule has 1 heterocycles. The minimum atomic E-state index is -0.593. The third kappa shape index (κ3) is 3.03. The standard InChI is InChI=1S/C17H31NO2/c1-16(2,3)12-7-8-13(15(19)20)14(11-12)18-10-6-9-17(18,4)5/h12-14H,6-11H2,1-5H3,(H,19,20). The monoisotopic (exact) mass is 281 g/mol. The molecular formula is C17H31NO2. The van der Waals surface area contributed by atoms with E-state index in [0.717, 1.165) is 25.8 Å². The Morgan fingerprint density at radius 3 is 2.35 bits per heavy atom. The molecule has 0 spiro atoms. The Morgan fingerprint density at radius 2 is 1.90 bits per heavy atom. The van der Waals surface area contributed by atoms with E-state index in [1.807, 2.05) is 0 Å². The molecule has 1 aliphatic carbocycles. The van der Waals surface area contributed by atoms with E-state index in [9.17, 15) is 9.90 Å². The van der Waals surface area contributed by atoms with Gasteiger partial charge in [-0.1, -0.05) is 20.8 Å². The van der Waals surface area contributed by atoms with Crippen LogP contribution in [0.4, 0.5) is 0 Å².